The van der Waals surface area contributed by atoms with Gasteiger partial charge in [-0.15, -0.1) is 0 Å². The molecule has 1 aromatic heterocycles. The van der Waals surface area contributed by atoms with Crippen LogP contribution in [-0.4, -0.2) is 29.0 Å². The maximum Gasteiger partial charge on any atom is 0.382 e. The van der Waals surface area contributed by atoms with E-state index in [-0.39, 0.29) is 0 Å². The van der Waals surface area contributed by atoms with Crippen molar-refractivity contribution in [2.75, 3.05) is 7.11 Å². The molecule has 0 unspecified atom stereocenters. The van der Waals surface area contributed by atoms with Crippen molar-refractivity contribution in [3.05, 3.63) is 82.0 Å². The highest BCUT2D eigenvalue weighted by Gasteiger charge is 2.42. The summed E-state index contributed by atoms with van der Waals surface area (Å²) in [7, 11) is 1.16. The third kappa shape index (κ3) is 2.74. The lowest BCUT2D eigenvalue weighted by molar-refractivity contribution is -0.512. The van der Waals surface area contributed by atoms with Crippen LogP contribution in [0.25, 0.3) is 10.9 Å². The molecule has 6 heteroatoms. The van der Waals surface area contributed by atoms with E-state index in [1.807, 2.05) is 30.3 Å². The van der Waals surface area contributed by atoms with E-state index in [1.165, 1.54) is 0 Å². The van der Waals surface area contributed by atoms with Crippen molar-refractivity contribution >= 4 is 16.9 Å². The van der Waals surface area contributed by atoms with Gasteiger partial charge < -0.3 is 9.72 Å². The van der Waals surface area contributed by atoms with Crippen LogP contribution in [0, 0.1) is 10.1 Å². The van der Waals surface area contributed by atoms with E-state index >= 15 is 0 Å². The van der Waals surface area contributed by atoms with Crippen LogP contribution in [0.15, 0.2) is 60.8 Å². The summed E-state index contributed by atoms with van der Waals surface area (Å²) in [5.41, 5.74) is 2.25. The van der Waals surface area contributed by atoms with Crippen molar-refractivity contribution in [2.45, 2.75) is 12.0 Å². The number of rotatable bonds is 5. The van der Waals surface area contributed by atoms with Crippen LogP contribution < -0.4 is 0 Å². The second-order valence-electron chi connectivity index (χ2n) is 5.43. The Morgan fingerprint density at radius 2 is 1.79 bits per heavy atom. The van der Waals surface area contributed by atoms with E-state index in [2.05, 4.69) is 4.98 Å². The van der Waals surface area contributed by atoms with Crippen LogP contribution in [0.1, 0.15) is 17.0 Å². The van der Waals surface area contributed by atoms with Gasteiger partial charge >= 0.3 is 12.0 Å². The lowest BCUT2D eigenvalue weighted by atomic mass is 9.85. The van der Waals surface area contributed by atoms with Crippen molar-refractivity contribution in [1.29, 1.82) is 0 Å². The van der Waals surface area contributed by atoms with Gasteiger partial charge in [0.15, 0.2) is 0 Å². The number of carbonyl (C=O) groups excluding carboxylic acids is 1. The van der Waals surface area contributed by atoms with Crippen molar-refractivity contribution < 1.29 is 14.5 Å². The van der Waals surface area contributed by atoms with Gasteiger partial charge in [0.2, 0.25) is 0 Å². The first-order chi connectivity index (χ1) is 11.6. The average molecular weight is 324 g/mol. The predicted molar refractivity (Wildman–Crippen MR) is 89.4 cm³/mol. The first kappa shape index (κ1) is 15.7. The van der Waals surface area contributed by atoms with E-state index in [0.717, 1.165) is 18.0 Å². The number of carbonyl (C=O) groups is 1. The quantitative estimate of drug-likeness (QED) is 0.444. The number of hydrogen-bond acceptors (Lipinski definition) is 4. The maximum absolute atomic E-state index is 12.1. The molecule has 1 N–H and O–H groups in total. The van der Waals surface area contributed by atoms with Crippen LogP contribution >= 0.6 is 0 Å². The number of para-hydroxylation sites is 1. The number of fused-ring (bicyclic) bond motifs is 1. The van der Waals surface area contributed by atoms with E-state index in [9.17, 15) is 14.9 Å². The van der Waals surface area contributed by atoms with Gasteiger partial charge in [0.1, 0.15) is 0 Å². The first-order valence-electron chi connectivity index (χ1n) is 7.45. The molecule has 0 spiro atoms. The molecule has 0 aliphatic rings. The summed E-state index contributed by atoms with van der Waals surface area (Å²) < 4.78 is 4.70. The minimum Gasteiger partial charge on any atom is -0.464 e. The van der Waals surface area contributed by atoms with Gasteiger partial charge in [0.05, 0.1) is 13.0 Å². The second kappa shape index (κ2) is 6.54. The van der Waals surface area contributed by atoms with Gasteiger partial charge in [-0.05, 0) is 17.2 Å². The van der Waals surface area contributed by atoms with Crippen LogP contribution in [0.4, 0.5) is 0 Å². The number of esters is 1. The number of nitrogens with zero attached hydrogens (tertiary/aromatic N) is 1. The summed E-state index contributed by atoms with van der Waals surface area (Å²) >= 11 is 0. The molecule has 0 saturated heterocycles. The molecule has 0 aliphatic carbocycles. The fourth-order valence-electron chi connectivity index (χ4n) is 3.01. The van der Waals surface area contributed by atoms with Gasteiger partial charge in [-0.2, -0.15) is 0 Å². The van der Waals surface area contributed by atoms with Gasteiger partial charge in [0.25, 0.3) is 0 Å². The molecule has 6 nitrogen and oxygen atoms in total. The first-order valence-corrected chi connectivity index (χ1v) is 7.45. The monoisotopic (exact) mass is 324 g/mol. The molecule has 0 bridgehead atoms. The standard InChI is InChI=1S/C18H16N2O4/c1-24-18(21)17(20(22)23)16(12-7-3-2-4-8-12)14-11-19-15-10-6-5-9-13(14)15/h2-11,16-17,19H,1H3/t16-,17-/m1/s1. The Morgan fingerprint density at radius 3 is 2.46 bits per heavy atom. The summed E-state index contributed by atoms with van der Waals surface area (Å²) in [4.78, 5) is 26.3. The Morgan fingerprint density at radius 1 is 1.12 bits per heavy atom. The SMILES string of the molecule is COC(=O)[C@@H]([C@H](c1ccccc1)c1c[nH]c2ccccc12)[N+](=O)[O-]. The highest BCUT2D eigenvalue weighted by Crippen LogP contribution is 2.34. The van der Waals surface area contributed by atoms with E-state index < -0.39 is 22.9 Å². The van der Waals surface area contributed by atoms with Gasteiger partial charge in [0, 0.05) is 22.0 Å². The lowest BCUT2D eigenvalue weighted by Gasteiger charge is -2.19. The zero-order valence-electron chi connectivity index (χ0n) is 13.0. The minimum atomic E-state index is -1.52. The van der Waals surface area contributed by atoms with Crippen molar-refractivity contribution in [3.63, 3.8) is 0 Å². The predicted octanol–water partition coefficient (Wildman–Crippen LogP) is 3.12. The summed E-state index contributed by atoms with van der Waals surface area (Å²) in [5, 5.41) is 12.5. The highest BCUT2D eigenvalue weighted by molar-refractivity contribution is 5.86. The number of ether oxygens (including phenoxy) is 1. The average Bonchev–Trinajstić information content (AvgIpc) is 3.03. The molecule has 0 radical (unpaired) electrons. The van der Waals surface area contributed by atoms with Gasteiger partial charge in [-0.3, -0.25) is 10.1 Å². The molecule has 2 atom stereocenters. The normalized spacial score (nSPS) is 13.4. The Hall–Kier alpha value is -3.15. The molecule has 0 fully saturated rings. The molecular formula is C18H16N2O4. The zero-order chi connectivity index (χ0) is 17.1. The Labute approximate surface area is 138 Å². The van der Waals surface area contributed by atoms with E-state index in [4.69, 9.17) is 4.74 Å². The molecule has 0 aliphatic heterocycles. The molecule has 1 heterocycles. The third-order valence-corrected chi connectivity index (χ3v) is 4.10. The molecule has 0 saturated carbocycles. The van der Waals surface area contributed by atoms with E-state index in [0.29, 0.717) is 11.1 Å². The zero-order valence-corrected chi connectivity index (χ0v) is 13.0. The summed E-state index contributed by atoms with van der Waals surface area (Å²) in [6.45, 7) is 0. The number of hydrogen-bond donors (Lipinski definition) is 1. The number of aromatic amines is 1. The van der Waals surface area contributed by atoms with E-state index in [1.54, 1.807) is 30.5 Å². The minimum absolute atomic E-state index is 0.578. The van der Waals surface area contributed by atoms with Gasteiger partial charge in [-0.25, -0.2) is 4.79 Å². The molecule has 2 aromatic carbocycles. The Bertz CT molecular complexity index is 873. The fraction of sp³-hybridized carbons (Fsp3) is 0.167. The molecule has 0 amide bonds. The Kier molecular flexibility index (Phi) is 4.29. The van der Waals surface area contributed by atoms with Crippen LogP contribution in [0.5, 0.6) is 0 Å². The molecule has 3 rings (SSSR count). The number of nitro groups is 1. The molecule has 122 valence electrons. The fourth-order valence-corrected chi connectivity index (χ4v) is 3.01. The van der Waals surface area contributed by atoms with Crippen LogP contribution in [0.3, 0.4) is 0 Å². The molecular weight excluding hydrogens is 308 g/mol. The summed E-state index contributed by atoms with van der Waals surface area (Å²) in [6, 6.07) is 15.0. The molecule has 24 heavy (non-hydrogen) atoms. The number of aromatic nitrogens is 1. The summed E-state index contributed by atoms with van der Waals surface area (Å²) in [5.74, 6) is -1.61. The number of benzene rings is 2. The van der Waals surface area contributed by atoms with Gasteiger partial charge in [-0.1, -0.05) is 48.5 Å². The maximum atomic E-state index is 12.1. The third-order valence-electron chi connectivity index (χ3n) is 4.10. The lowest BCUT2D eigenvalue weighted by Crippen LogP contribution is -2.37. The van der Waals surface area contributed by atoms with Crippen molar-refractivity contribution in [3.8, 4) is 0 Å². The number of methoxy groups -OCH3 is 1. The number of nitrogens with one attached hydrogen (secondary N) is 1. The number of H-pyrrole nitrogens is 1. The van der Waals surface area contributed by atoms with Crippen LogP contribution in [-0.2, 0) is 9.53 Å². The second-order valence-corrected chi connectivity index (χ2v) is 5.43. The van der Waals surface area contributed by atoms with Crippen molar-refractivity contribution in [2.24, 2.45) is 0 Å². The summed E-state index contributed by atoms with van der Waals surface area (Å²) in [6.07, 6.45) is 1.72. The Balaban J connectivity index is 2.22. The topological polar surface area (TPSA) is 85.2 Å². The largest absolute Gasteiger partial charge is 0.464 e. The highest BCUT2D eigenvalue weighted by atomic mass is 16.6. The van der Waals surface area contributed by atoms with Crippen molar-refractivity contribution in [1.82, 2.24) is 4.98 Å². The smallest absolute Gasteiger partial charge is 0.382 e. The van der Waals surface area contributed by atoms with Crippen LogP contribution in [0.2, 0.25) is 0 Å². The molecule has 3 aromatic rings.